The van der Waals surface area contributed by atoms with E-state index in [4.69, 9.17) is 0 Å². The molecule has 0 aromatic heterocycles. The monoisotopic (exact) mass is 311 g/mol. The summed E-state index contributed by atoms with van der Waals surface area (Å²) in [6, 6.07) is 7.24. The average molecular weight is 311 g/mol. The molecule has 1 rings (SSSR count). The standard InChI is InChI=1S/C17H29NO2S/c1-4-5-6-7-8-13-18-21(19,20)17-11-9-16(10-12-17)14-15(2)3/h9-12,15,18H,4-8,13-14H2,1-3H3. The Labute approximate surface area is 130 Å². The predicted octanol–water partition coefficient (Wildman–Crippen LogP) is 4.13. The molecule has 0 unspecified atom stereocenters. The Hall–Kier alpha value is -0.870. The van der Waals surface area contributed by atoms with Crippen molar-refractivity contribution in [1.29, 1.82) is 0 Å². The first-order valence-corrected chi connectivity index (χ1v) is 9.52. The number of nitrogens with one attached hydrogen (secondary N) is 1. The van der Waals surface area contributed by atoms with Crippen LogP contribution in [0.5, 0.6) is 0 Å². The summed E-state index contributed by atoms with van der Waals surface area (Å²) in [6.45, 7) is 7.01. The summed E-state index contributed by atoms with van der Waals surface area (Å²) in [6.07, 6.45) is 6.58. The summed E-state index contributed by atoms with van der Waals surface area (Å²) in [5.41, 5.74) is 1.18. The van der Waals surface area contributed by atoms with Crippen LogP contribution in [0.1, 0.15) is 58.4 Å². The fraction of sp³-hybridized carbons (Fsp3) is 0.647. The van der Waals surface area contributed by atoms with Crippen LogP contribution >= 0.6 is 0 Å². The molecule has 0 aliphatic carbocycles. The highest BCUT2D eigenvalue weighted by Crippen LogP contribution is 2.13. The van der Waals surface area contributed by atoms with Crippen LogP contribution in [-0.2, 0) is 16.4 Å². The minimum atomic E-state index is -3.35. The maximum absolute atomic E-state index is 12.1. The van der Waals surface area contributed by atoms with Crippen LogP contribution in [0, 0.1) is 5.92 Å². The van der Waals surface area contributed by atoms with Gasteiger partial charge in [-0.3, -0.25) is 0 Å². The minimum absolute atomic E-state index is 0.364. The van der Waals surface area contributed by atoms with Crippen molar-refractivity contribution in [3.63, 3.8) is 0 Å². The lowest BCUT2D eigenvalue weighted by molar-refractivity contribution is 0.571. The molecule has 0 bridgehead atoms. The van der Waals surface area contributed by atoms with Gasteiger partial charge in [-0.1, -0.05) is 58.6 Å². The Balaban J connectivity index is 2.46. The van der Waals surface area contributed by atoms with Crippen LogP contribution in [0.2, 0.25) is 0 Å². The first-order chi connectivity index (χ1) is 9.95. The van der Waals surface area contributed by atoms with E-state index in [0.29, 0.717) is 17.4 Å². The molecule has 0 fully saturated rings. The number of hydrogen-bond donors (Lipinski definition) is 1. The molecule has 3 nitrogen and oxygen atoms in total. The second kappa shape index (κ2) is 9.21. The van der Waals surface area contributed by atoms with Crippen molar-refractivity contribution in [2.75, 3.05) is 6.54 Å². The van der Waals surface area contributed by atoms with Gasteiger partial charge in [0.25, 0.3) is 0 Å². The van der Waals surface area contributed by atoms with Gasteiger partial charge in [0.15, 0.2) is 0 Å². The lowest BCUT2D eigenvalue weighted by atomic mass is 10.0. The number of unbranched alkanes of at least 4 members (excludes halogenated alkanes) is 4. The second-order valence-corrected chi connectivity index (χ2v) is 7.82. The van der Waals surface area contributed by atoms with E-state index in [2.05, 4.69) is 25.5 Å². The fourth-order valence-electron chi connectivity index (χ4n) is 2.29. The molecule has 1 aromatic carbocycles. The van der Waals surface area contributed by atoms with Crippen molar-refractivity contribution in [3.8, 4) is 0 Å². The molecule has 0 atom stereocenters. The fourth-order valence-corrected chi connectivity index (χ4v) is 3.37. The van der Waals surface area contributed by atoms with Gasteiger partial charge in [0.1, 0.15) is 0 Å². The highest BCUT2D eigenvalue weighted by atomic mass is 32.2. The summed E-state index contributed by atoms with van der Waals surface area (Å²) in [7, 11) is -3.35. The molecule has 1 N–H and O–H groups in total. The number of sulfonamides is 1. The van der Waals surface area contributed by atoms with Crippen LogP contribution in [0.15, 0.2) is 29.2 Å². The maximum Gasteiger partial charge on any atom is 0.240 e. The molecule has 1 aromatic rings. The summed E-state index contributed by atoms with van der Waals surface area (Å²) >= 11 is 0. The molecule has 0 heterocycles. The third-order valence-electron chi connectivity index (χ3n) is 3.45. The molecule has 0 radical (unpaired) electrons. The molecule has 0 aliphatic rings. The van der Waals surface area contributed by atoms with Gasteiger partial charge in [0, 0.05) is 6.54 Å². The Morgan fingerprint density at radius 1 is 1.00 bits per heavy atom. The zero-order valence-corrected chi connectivity index (χ0v) is 14.4. The third-order valence-corrected chi connectivity index (χ3v) is 4.93. The lowest BCUT2D eigenvalue weighted by Crippen LogP contribution is -2.24. The molecule has 0 amide bonds. The molecule has 21 heavy (non-hydrogen) atoms. The van der Waals surface area contributed by atoms with Gasteiger partial charge in [-0.15, -0.1) is 0 Å². The van der Waals surface area contributed by atoms with E-state index in [1.807, 2.05) is 12.1 Å². The third kappa shape index (κ3) is 7.09. The largest absolute Gasteiger partial charge is 0.240 e. The smallest absolute Gasteiger partial charge is 0.211 e. The summed E-state index contributed by atoms with van der Waals surface area (Å²) < 4.78 is 27.0. The summed E-state index contributed by atoms with van der Waals surface area (Å²) in [5, 5.41) is 0. The molecule has 0 saturated carbocycles. The second-order valence-electron chi connectivity index (χ2n) is 6.05. The van der Waals surface area contributed by atoms with Gasteiger partial charge < -0.3 is 0 Å². The van der Waals surface area contributed by atoms with E-state index in [1.54, 1.807) is 12.1 Å². The Morgan fingerprint density at radius 2 is 1.62 bits per heavy atom. The van der Waals surface area contributed by atoms with E-state index in [0.717, 1.165) is 19.3 Å². The van der Waals surface area contributed by atoms with Gasteiger partial charge in [-0.2, -0.15) is 0 Å². The number of benzene rings is 1. The van der Waals surface area contributed by atoms with Crippen molar-refractivity contribution in [1.82, 2.24) is 4.72 Å². The molecule has 0 saturated heterocycles. The highest BCUT2D eigenvalue weighted by Gasteiger charge is 2.12. The van der Waals surface area contributed by atoms with Crippen molar-refractivity contribution >= 4 is 10.0 Å². The van der Waals surface area contributed by atoms with Crippen LogP contribution in [0.3, 0.4) is 0 Å². The van der Waals surface area contributed by atoms with Crippen LogP contribution < -0.4 is 4.72 Å². The normalized spacial score (nSPS) is 12.0. The minimum Gasteiger partial charge on any atom is -0.211 e. The first kappa shape index (κ1) is 18.2. The van der Waals surface area contributed by atoms with E-state index >= 15 is 0 Å². The van der Waals surface area contributed by atoms with Crippen LogP contribution in [0.4, 0.5) is 0 Å². The van der Waals surface area contributed by atoms with E-state index < -0.39 is 10.0 Å². The Kier molecular flexibility index (Phi) is 7.97. The quantitative estimate of drug-likeness (QED) is 0.660. The zero-order chi connectivity index (χ0) is 15.7. The Bertz CT molecular complexity index is 492. The molecule has 0 aliphatic heterocycles. The van der Waals surface area contributed by atoms with Gasteiger partial charge in [0.05, 0.1) is 4.90 Å². The van der Waals surface area contributed by atoms with E-state index in [-0.39, 0.29) is 0 Å². The molecule has 0 spiro atoms. The number of rotatable bonds is 10. The van der Waals surface area contributed by atoms with Gasteiger partial charge in [-0.05, 0) is 36.5 Å². The maximum atomic E-state index is 12.1. The van der Waals surface area contributed by atoms with Crippen LogP contribution in [-0.4, -0.2) is 15.0 Å². The molecule has 120 valence electrons. The van der Waals surface area contributed by atoms with Crippen molar-refractivity contribution in [3.05, 3.63) is 29.8 Å². The molecule has 4 heteroatoms. The molecular weight excluding hydrogens is 282 g/mol. The lowest BCUT2D eigenvalue weighted by Gasteiger charge is -2.09. The van der Waals surface area contributed by atoms with E-state index in [9.17, 15) is 8.42 Å². The Morgan fingerprint density at radius 3 is 2.19 bits per heavy atom. The van der Waals surface area contributed by atoms with Crippen LogP contribution in [0.25, 0.3) is 0 Å². The highest BCUT2D eigenvalue weighted by molar-refractivity contribution is 7.89. The topological polar surface area (TPSA) is 46.2 Å². The van der Waals surface area contributed by atoms with Crippen molar-refractivity contribution in [2.24, 2.45) is 5.92 Å². The van der Waals surface area contributed by atoms with Crippen molar-refractivity contribution < 1.29 is 8.42 Å². The van der Waals surface area contributed by atoms with E-state index in [1.165, 1.54) is 24.8 Å². The average Bonchev–Trinajstić information content (AvgIpc) is 2.42. The number of hydrogen-bond acceptors (Lipinski definition) is 2. The van der Waals surface area contributed by atoms with Gasteiger partial charge in [-0.25, -0.2) is 13.1 Å². The summed E-state index contributed by atoms with van der Waals surface area (Å²) in [5.74, 6) is 0.578. The van der Waals surface area contributed by atoms with Gasteiger partial charge in [0.2, 0.25) is 10.0 Å². The zero-order valence-electron chi connectivity index (χ0n) is 13.6. The first-order valence-electron chi connectivity index (χ1n) is 8.04. The molecular formula is C17H29NO2S. The van der Waals surface area contributed by atoms with Crippen molar-refractivity contribution in [2.45, 2.75) is 64.2 Å². The summed E-state index contributed by atoms with van der Waals surface area (Å²) in [4.78, 5) is 0.364. The SMILES string of the molecule is CCCCCCCNS(=O)(=O)c1ccc(CC(C)C)cc1. The van der Waals surface area contributed by atoms with Gasteiger partial charge >= 0.3 is 0 Å². The predicted molar refractivity (Wildman–Crippen MR) is 88.9 cm³/mol.